The lowest BCUT2D eigenvalue weighted by Crippen LogP contribution is -2.49. The van der Waals surface area contributed by atoms with Crippen LogP contribution in [0.15, 0.2) is 0 Å². The molecule has 0 saturated heterocycles. The van der Waals surface area contributed by atoms with Gasteiger partial charge in [0.15, 0.2) is 0 Å². The van der Waals surface area contributed by atoms with Gasteiger partial charge in [0.1, 0.15) is 11.6 Å². The van der Waals surface area contributed by atoms with Gasteiger partial charge in [0.25, 0.3) is 0 Å². The summed E-state index contributed by atoms with van der Waals surface area (Å²) < 4.78 is 0. The summed E-state index contributed by atoms with van der Waals surface area (Å²) in [5.74, 6) is -0.495. The van der Waals surface area contributed by atoms with Crippen LogP contribution in [0.3, 0.4) is 0 Å². The van der Waals surface area contributed by atoms with E-state index in [0.717, 1.165) is 0 Å². The van der Waals surface area contributed by atoms with Gasteiger partial charge in [-0.05, 0) is 6.92 Å². The molecule has 0 unspecified atom stereocenters. The normalized spacial score (nSPS) is 13.0. The number of hydrogen-bond acceptors (Lipinski definition) is 5. The molecule has 0 heterocycles. The van der Waals surface area contributed by atoms with Crippen molar-refractivity contribution in [2.45, 2.75) is 73.8 Å². The molecule has 0 spiro atoms. The zero-order valence-electron chi connectivity index (χ0n) is 14.5. The van der Waals surface area contributed by atoms with Gasteiger partial charge in [-0.25, -0.2) is 0 Å². The second-order valence-corrected chi connectivity index (χ2v) is 7.96. The number of ketones is 2. The zero-order valence-corrected chi connectivity index (χ0v) is 14.5. The summed E-state index contributed by atoms with van der Waals surface area (Å²) in [6.07, 6.45) is 0.233. The Hall–Kier alpha value is -1.23. The van der Waals surface area contributed by atoms with Gasteiger partial charge in [0.05, 0.1) is 5.54 Å². The minimum absolute atomic E-state index is 0.00589. The van der Waals surface area contributed by atoms with Gasteiger partial charge in [-0.15, -0.1) is 5.48 Å². The molecule has 0 amide bonds. The molecule has 21 heavy (non-hydrogen) atoms. The second kappa shape index (κ2) is 6.69. The first-order valence-corrected chi connectivity index (χ1v) is 7.18. The molecule has 0 aromatic carbocycles. The molecule has 5 nitrogen and oxygen atoms in total. The smallest absolute Gasteiger partial charge is 0.321 e. The van der Waals surface area contributed by atoms with Gasteiger partial charge in [-0.3, -0.25) is 14.4 Å². The zero-order chi connectivity index (χ0) is 17.1. The summed E-state index contributed by atoms with van der Waals surface area (Å²) in [7, 11) is 0. The van der Waals surface area contributed by atoms with Crippen molar-refractivity contribution < 1.29 is 19.2 Å². The third-order valence-corrected chi connectivity index (χ3v) is 3.22. The van der Waals surface area contributed by atoms with Crippen molar-refractivity contribution in [3.63, 3.8) is 0 Å². The van der Waals surface area contributed by atoms with Crippen molar-refractivity contribution in [2.75, 3.05) is 0 Å². The van der Waals surface area contributed by atoms with E-state index in [4.69, 9.17) is 4.84 Å². The third-order valence-electron chi connectivity index (χ3n) is 3.22. The molecular weight excluding hydrogens is 270 g/mol. The highest BCUT2D eigenvalue weighted by atomic mass is 16.7. The van der Waals surface area contributed by atoms with E-state index in [1.54, 1.807) is 6.92 Å². The minimum atomic E-state index is -0.902. The molecule has 0 radical (unpaired) electrons. The third kappa shape index (κ3) is 7.37. The van der Waals surface area contributed by atoms with Crippen molar-refractivity contribution in [3.8, 4) is 0 Å². The molecule has 0 bridgehead atoms. The lowest BCUT2D eigenvalue weighted by molar-refractivity contribution is -0.156. The number of carbonyl (C=O) groups excluding carboxylic acids is 3. The fourth-order valence-corrected chi connectivity index (χ4v) is 1.57. The van der Waals surface area contributed by atoms with Crippen LogP contribution in [-0.2, 0) is 19.2 Å². The van der Waals surface area contributed by atoms with E-state index in [-0.39, 0.29) is 24.4 Å². The van der Waals surface area contributed by atoms with Crippen LogP contribution in [0.5, 0.6) is 0 Å². The minimum Gasteiger partial charge on any atom is -0.370 e. The maximum absolute atomic E-state index is 12.3. The van der Waals surface area contributed by atoms with Crippen LogP contribution < -0.4 is 5.48 Å². The molecule has 0 aliphatic heterocycles. The topological polar surface area (TPSA) is 72.5 Å². The maximum Gasteiger partial charge on any atom is 0.321 e. The molecule has 0 aromatic rings. The first-order valence-electron chi connectivity index (χ1n) is 7.18. The largest absolute Gasteiger partial charge is 0.370 e. The maximum atomic E-state index is 12.3. The first kappa shape index (κ1) is 19.8. The Morgan fingerprint density at radius 2 is 1.14 bits per heavy atom. The number of nitrogens with one attached hydrogen (secondary N) is 1. The van der Waals surface area contributed by atoms with Crippen LogP contribution in [0.25, 0.3) is 0 Å². The molecule has 0 aromatic heterocycles. The Bertz CT molecular complexity index is 385. The average Bonchev–Trinajstić information content (AvgIpc) is 2.23. The van der Waals surface area contributed by atoms with Crippen molar-refractivity contribution in [3.05, 3.63) is 0 Å². The molecular formula is C16H29NO4. The van der Waals surface area contributed by atoms with Crippen LogP contribution in [0, 0.1) is 10.8 Å². The summed E-state index contributed by atoms with van der Waals surface area (Å²) >= 11 is 0. The fraction of sp³-hybridized carbons (Fsp3) is 0.812. The van der Waals surface area contributed by atoms with Gasteiger partial charge in [0.2, 0.25) is 0 Å². The van der Waals surface area contributed by atoms with Crippen molar-refractivity contribution >= 4 is 17.5 Å². The van der Waals surface area contributed by atoms with Gasteiger partial charge >= 0.3 is 5.97 Å². The quantitative estimate of drug-likeness (QED) is 0.763. The summed E-state index contributed by atoms with van der Waals surface area (Å²) in [6.45, 7) is 14.0. The van der Waals surface area contributed by atoms with E-state index in [9.17, 15) is 14.4 Å². The van der Waals surface area contributed by atoms with Crippen molar-refractivity contribution in [2.24, 2.45) is 10.8 Å². The van der Waals surface area contributed by atoms with E-state index in [1.165, 1.54) is 6.92 Å². The highest BCUT2D eigenvalue weighted by Crippen LogP contribution is 2.28. The Labute approximate surface area is 127 Å². The van der Waals surface area contributed by atoms with Crippen molar-refractivity contribution in [1.29, 1.82) is 0 Å². The van der Waals surface area contributed by atoms with E-state index in [2.05, 4.69) is 5.48 Å². The highest BCUT2D eigenvalue weighted by Gasteiger charge is 2.37. The van der Waals surface area contributed by atoms with Crippen molar-refractivity contribution in [1.82, 2.24) is 5.48 Å². The van der Waals surface area contributed by atoms with E-state index in [1.807, 2.05) is 41.5 Å². The number of Topliss-reactive ketones (excluding diaryl/α,β-unsaturated/α-hetero) is 2. The standard InChI is InChI=1S/C16H29NO4/c1-11(18)21-17-16(8,9-12(19)14(2,3)4)10-13(20)15(5,6)7/h17H,9-10H2,1-8H3. The highest BCUT2D eigenvalue weighted by molar-refractivity contribution is 5.88. The molecule has 0 rings (SSSR count). The molecule has 122 valence electrons. The molecule has 5 heteroatoms. The predicted molar refractivity (Wildman–Crippen MR) is 81.5 cm³/mol. The summed E-state index contributed by atoms with van der Waals surface area (Å²) in [5, 5.41) is 0. The van der Waals surface area contributed by atoms with Crippen LogP contribution in [0.4, 0.5) is 0 Å². The number of hydroxylamine groups is 1. The Morgan fingerprint density at radius 3 is 1.38 bits per heavy atom. The summed E-state index contributed by atoms with van der Waals surface area (Å²) in [6, 6.07) is 0. The fourth-order valence-electron chi connectivity index (χ4n) is 1.57. The predicted octanol–water partition coefficient (Wildman–Crippen LogP) is 2.82. The average molecular weight is 299 g/mol. The van der Waals surface area contributed by atoms with E-state index < -0.39 is 22.3 Å². The molecule has 0 aliphatic carbocycles. The Kier molecular flexibility index (Phi) is 6.30. The molecule has 0 fully saturated rings. The Balaban J connectivity index is 5.14. The van der Waals surface area contributed by atoms with E-state index >= 15 is 0 Å². The lowest BCUT2D eigenvalue weighted by Gasteiger charge is -2.33. The summed E-state index contributed by atoms with van der Waals surface area (Å²) in [5.41, 5.74) is 0.688. The first-order chi connectivity index (χ1) is 9.17. The molecule has 0 saturated carbocycles. The molecule has 0 atom stereocenters. The monoisotopic (exact) mass is 299 g/mol. The van der Waals surface area contributed by atoms with Crippen LogP contribution in [-0.4, -0.2) is 23.1 Å². The van der Waals surface area contributed by atoms with Gasteiger partial charge in [-0.2, -0.15) is 0 Å². The molecule has 1 N–H and O–H groups in total. The van der Waals surface area contributed by atoms with E-state index in [0.29, 0.717) is 0 Å². The Morgan fingerprint density at radius 1 is 0.810 bits per heavy atom. The number of rotatable bonds is 6. The van der Waals surface area contributed by atoms with Gasteiger partial charge in [-0.1, -0.05) is 41.5 Å². The second-order valence-electron chi connectivity index (χ2n) is 7.96. The number of hydrogen-bond donors (Lipinski definition) is 1. The van der Waals surface area contributed by atoms with Gasteiger partial charge < -0.3 is 4.84 Å². The van der Waals surface area contributed by atoms with Crippen LogP contribution >= 0.6 is 0 Å². The van der Waals surface area contributed by atoms with Crippen LogP contribution in [0.1, 0.15) is 68.2 Å². The number of carbonyl (C=O) groups is 3. The van der Waals surface area contributed by atoms with Gasteiger partial charge in [0, 0.05) is 30.6 Å². The molecule has 0 aliphatic rings. The van der Waals surface area contributed by atoms with Crippen LogP contribution in [0.2, 0.25) is 0 Å². The summed E-state index contributed by atoms with van der Waals surface area (Å²) in [4.78, 5) is 40.4. The lowest BCUT2D eigenvalue weighted by atomic mass is 9.77. The SMILES string of the molecule is CC(=O)ONC(C)(CC(=O)C(C)(C)C)CC(=O)C(C)(C)C.